The Labute approximate surface area is 111 Å². The lowest BCUT2D eigenvalue weighted by atomic mass is 9.93. The van der Waals surface area contributed by atoms with Gasteiger partial charge in [-0.25, -0.2) is 0 Å². The number of hydrogen-bond donors (Lipinski definition) is 1. The number of ether oxygens (including phenoxy) is 1. The first kappa shape index (κ1) is 13.4. The van der Waals surface area contributed by atoms with E-state index in [4.69, 9.17) is 10.5 Å². The molecule has 0 radical (unpaired) electrons. The fraction of sp³-hybridized carbons (Fsp3) is 0.625. The number of rotatable bonds is 5. The van der Waals surface area contributed by atoms with Gasteiger partial charge in [0.15, 0.2) is 0 Å². The second-order valence-electron chi connectivity index (χ2n) is 5.47. The summed E-state index contributed by atoms with van der Waals surface area (Å²) in [5.41, 5.74) is 8.84. The van der Waals surface area contributed by atoms with Crippen LogP contribution in [0.15, 0.2) is 18.2 Å². The smallest absolute Gasteiger partial charge is 0.124 e. The van der Waals surface area contributed by atoms with Crippen molar-refractivity contribution in [3.05, 3.63) is 29.3 Å². The van der Waals surface area contributed by atoms with E-state index < -0.39 is 0 Å². The Morgan fingerprint density at radius 3 is 2.72 bits per heavy atom. The van der Waals surface area contributed by atoms with Crippen LogP contribution in [0, 0.1) is 12.8 Å². The summed E-state index contributed by atoms with van der Waals surface area (Å²) in [7, 11) is 0. The fourth-order valence-corrected chi connectivity index (χ4v) is 2.98. The van der Waals surface area contributed by atoms with Crippen molar-refractivity contribution in [2.24, 2.45) is 11.7 Å². The molecule has 0 aromatic heterocycles. The van der Waals surface area contributed by atoms with E-state index in [2.05, 4.69) is 25.1 Å². The van der Waals surface area contributed by atoms with Crippen LogP contribution in [-0.4, -0.2) is 6.61 Å². The summed E-state index contributed by atoms with van der Waals surface area (Å²) in [6.45, 7) is 4.83. The second kappa shape index (κ2) is 6.24. The van der Waals surface area contributed by atoms with Gasteiger partial charge in [0.05, 0.1) is 6.61 Å². The number of benzene rings is 1. The predicted octanol–water partition coefficient (Wildman–Crippen LogP) is 3.97. The molecule has 0 spiro atoms. The minimum Gasteiger partial charge on any atom is -0.494 e. The minimum absolute atomic E-state index is 0.120. The van der Waals surface area contributed by atoms with E-state index >= 15 is 0 Å². The predicted molar refractivity (Wildman–Crippen MR) is 75.9 cm³/mol. The molecule has 1 atom stereocenters. The van der Waals surface area contributed by atoms with Crippen LogP contribution in [-0.2, 0) is 0 Å². The van der Waals surface area contributed by atoms with E-state index in [1.54, 1.807) is 0 Å². The zero-order chi connectivity index (χ0) is 13.0. The van der Waals surface area contributed by atoms with Crippen molar-refractivity contribution < 1.29 is 4.74 Å². The van der Waals surface area contributed by atoms with Gasteiger partial charge in [-0.15, -0.1) is 0 Å². The Balaban J connectivity index is 2.11. The van der Waals surface area contributed by atoms with Crippen LogP contribution in [0.2, 0.25) is 0 Å². The van der Waals surface area contributed by atoms with E-state index in [0.717, 1.165) is 18.1 Å². The zero-order valence-electron chi connectivity index (χ0n) is 11.6. The van der Waals surface area contributed by atoms with Gasteiger partial charge in [0.25, 0.3) is 0 Å². The Morgan fingerprint density at radius 2 is 2.06 bits per heavy atom. The van der Waals surface area contributed by atoms with Crippen LogP contribution in [0.4, 0.5) is 0 Å². The van der Waals surface area contributed by atoms with Crippen LogP contribution in [0.25, 0.3) is 0 Å². The maximum atomic E-state index is 6.39. The largest absolute Gasteiger partial charge is 0.494 e. The highest BCUT2D eigenvalue weighted by Crippen LogP contribution is 2.35. The molecule has 1 aromatic rings. The van der Waals surface area contributed by atoms with Crippen molar-refractivity contribution in [3.8, 4) is 5.75 Å². The summed E-state index contributed by atoms with van der Waals surface area (Å²) in [4.78, 5) is 0. The summed E-state index contributed by atoms with van der Waals surface area (Å²) in [5, 5.41) is 0. The standard InChI is InChI=1S/C16H25NO/c1-3-18-16-9-8-12(2)10-14(16)15(17)11-13-6-4-5-7-13/h8-10,13,15H,3-7,11,17H2,1-2H3. The third-order valence-corrected chi connectivity index (χ3v) is 3.93. The van der Waals surface area contributed by atoms with Gasteiger partial charge < -0.3 is 10.5 Å². The summed E-state index contributed by atoms with van der Waals surface area (Å²) >= 11 is 0. The van der Waals surface area contributed by atoms with Crippen molar-refractivity contribution in [2.45, 2.75) is 52.0 Å². The molecule has 0 amide bonds. The quantitative estimate of drug-likeness (QED) is 0.854. The van der Waals surface area contributed by atoms with Gasteiger partial charge in [-0.1, -0.05) is 43.4 Å². The normalized spacial score (nSPS) is 17.9. The second-order valence-corrected chi connectivity index (χ2v) is 5.47. The first-order valence-corrected chi connectivity index (χ1v) is 7.19. The average Bonchev–Trinajstić information content (AvgIpc) is 2.84. The van der Waals surface area contributed by atoms with Gasteiger partial charge in [-0.2, -0.15) is 0 Å². The van der Waals surface area contributed by atoms with E-state index in [1.807, 2.05) is 6.92 Å². The molecule has 2 rings (SSSR count). The van der Waals surface area contributed by atoms with E-state index in [-0.39, 0.29) is 6.04 Å². The molecule has 1 saturated carbocycles. The van der Waals surface area contributed by atoms with Crippen LogP contribution in [0.5, 0.6) is 5.75 Å². The molecule has 0 bridgehead atoms. The molecule has 2 nitrogen and oxygen atoms in total. The molecule has 1 aliphatic rings. The fourth-order valence-electron chi connectivity index (χ4n) is 2.98. The lowest BCUT2D eigenvalue weighted by Crippen LogP contribution is -2.15. The van der Waals surface area contributed by atoms with Gasteiger partial charge in [-0.05, 0) is 32.3 Å². The highest BCUT2D eigenvalue weighted by molar-refractivity contribution is 5.39. The third kappa shape index (κ3) is 3.26. The summed E-state index contributed by atoms with van der Waals surface area (Å²) in [6.07, 6.45) is 6.56. The van der Waals surface area contributed by atoms with Gasteiger partial charge >= 0.3 is 0 Å². The lowest BCUT2D eigenvalue weighted by Gasteiger charge is -2.20. The zero-order valence-corrected chi connectivity index (χ0v) is 11.6. The van der Waals surface area contributed by atoms with Crippen molar-refractivity contribution in [2.75, 3.05) is 6.61 Å². The molecular weight excluding hydrogens is 222 g/mol. The van der Waals surface area contributed by atoms with Crippen LogP contribution in [0.3, 0.4) is 0 Å². The summed E-state index contributed by atoms with van der Waals surface area (Å²) in [5.74, 6) is 1.78. The highest BCUT2D eigenvalue weighted by Gasteiger charge is 2.21. The molecule has 1 fully saturated rings. The molecule has 1 aromatic carbocycles. The molecule has 2 heteroatoms. The van der Waals surface area contributed by atoms with E-state index in [9.17, 15) is 0 Å². The maximum Gasteiger partial charge on any atom is 0.124 e. The minimum atomic E-state index is 0.120. The van der Waals surface area contributed by atoms with Crippen LogP contribution < -0.4 is 10.5 Å². The molecule has 1 aliphatic carbocycles. The number of hydrogen-bond acceptors (Lipinski definition) is 2. The number of aryl methyl sites for hydroxylation is 1. The van der Waals surface area contributed by atoms with Gasteiger partial charge in [0.1, 0.15) is 5.75 Å². The van der Waals surface area contributed by atoms with Gasteiger partial charge in [-0.3, -0.25) is 0 Å². The Hall–Kier alpha value is -1.02. The molecule has 2 N–H and O–H groups in total. The molecule has 1 unspecified atom stereocenters. The lowest BCUT2D eigenvalue weighted by molar-refractivity contribution is 0.330. The average molecular weight is 247 g/mol. The van der Waals surface area contributed by atoms with Crippen molar-refractivity contribution in [1.82, 2.24) is 0 Å². The van der Waals surface area contributed by atoms with Gasteiger partial charge in [0.2, 0.25) is 0 Å². The van der Waals surface area contributed by atoms with Gasteiger partial charge in [0, 0.05) is 11.6 Å². The van der Waals surface area contributed by atoms with Crippen molar-refractivity contribution in [1.29, 1.82) is 0 Å². The summed E-state index contributed by atoms with van der Waals surface area (Å²) < 4.78 is 5.70. The van der Waals surface area contributed by atoms with Crippen molar-refractivity contribution >= 4 is 0 Å². The summed E-state index contributed by atoms with van der Waals surface area (Å²) in [6, 6.07) is 6.46. The molecule has 100 valence electrons. The SMILES string of the molecule is CCOc1ccc(C)cc1C(N)CC1CCCC1. The molecule has 0 heterocycles. The molecule has 0 aliphatic heterocycles. The maximum absolute atomic E-state index is 6.39. The van der Waals surface area contributed by atoms with E-state index in [1.165, 1.54) is 36.8 Å². The molecule has 18 heavy (non-hydrogen) atoms. The first-order chi connectivity index (χ1) is 8.70. The highest BCUT2D eigenvalue weighted by atomic mass is 16.5. The first-order valence-electron chi connectivity index (χ1n) is 7.19. The van der Waals surface area contributed by atoms with E-state index in [0.29, 0.717) is 6.61 Å². The topological polar surface area (TPSA) is 35.2 Å². The molecule has 0 saturated heterocycles. The third-order valence-electron chi connectivity index (χ3n) is 3.93. The van der Waals surface area contributed by atoms with Crippen LogP contribution in [0.1, 0.15) is 56.2 Å². The Bertz CT molecular complexity index is 383. The van der Waals surface area contributed by atoms with Crippen molar-refractivity contribution in [3.63, 3.8) is 0 Å². The Morgan fingerprint density at radius 1 is 1.33 bits per heavy atom. The number of nitrogens with two attached hydrogens (primary N) is 1. The monoisotopic (exact) mass is 247 g/mol. The molecular formula is C16H25NO. The Kier molecular flexibility index (Phi) is 4.65. The van der Waals surface area contributed by atoms with Crippen LogP contribution >= 0.6 is 0 Å².